The zero-order valence-corrected chi connectivity index (χ0v) is 13.6. The molecule has 102 valence electrons. The van der Waals surface area contributed by atoms with Gasteiger partial charge in [0.15, 0.2) is 0 Å². The van der Waals surface area contributed by atoms with Crippen molar-refractivity contribution in [1.29, 1.82) is 0 Å². The lowest BCUT2D eigenvalue weighted by Gasteiger charge is -2.03. The van der Waals surface area contributed by atoms with Crippen LogP contribution in [0.1, 0.15) is 38.1 Å². The molecule has 0 aromatic carbocycles. The van der Waals surface area contributed by atoms with E-state index in [2.05, 4.69) is 53.9 Å². The second kappa shape index (κ2) is 6.58. The maximum atomic E-state index is 6.00. The molecule has 7 heteroatoms. The fraction of sp³-hybridized carbons (Fsp3) is 0.417. The SMILES string of the molecule is CCCCC(N)c1nc(-c2ncc(Br)cc2Br)no1. The van der Waals surface area contributed by atoms with E-state index >= 15 is 0 Å². The Balaban J connectivity index is 2.20. The standard InChI is InChI=1S/C12H14Br2N4O/c1-2-3-4-9(15)12-17-11(18-19-12)10-8(14)5-7(13)6-16-10/h5-6,9H,2-4,15H2,1H3. The van der Waals surface area contributed by atoms with Crippen LogP contribution in [0, 0.1) is 0 Å². The molecule has 2 rings (SSSR count). The lowest BCUT2D eigenvalue weighted by atomic mass is 10.1. The van der Waals surface area contributed by atoms with E-state index in [1.54, 1.807) is 6.20 Å². The Labute approximate surface area is 128 Å². The average molecular weight is 390 g/mol. The maximum absolute atomic E-state index is 6.00. The first-order valence-corrected chi connectivity index (χ1v) is 7.61. The van der Waals surface area contributed by atoms with E-state index in [0.29, 0.717) is 17.4 Å². The van der Waals surface area contributed by atoms with Crippen molar-refractivity contribution in [3.05, 3.63) is 27.1 Å². The monoisotopic (exact) mass is 388 g/mol. The van der Waals surface area contributed by atoms with Gasteiger partial charge in [0.05, 0.1) is 6.04 Å². The second-order valence-corrected chi connectivity index (χ2v) is 5.96. The fourth-order valence-electron chi connectivity index (χ4n) is 1.61. The summed E-state index contributed by atoms with van der Waals surface area (Å²) < 4.78 is 6.89. The van der Waals surface area contributed by atoms with E-state index in [0.717, 1.165) is 28.2 Å². The van der Waals surface area contributed by atoms with Crippen LogP contribution in [0.4, 0.5) is 0 Å². The lowest BCUT2D eigenvalue weighted by Crippen LogP contribution is -2.10. The normalized spacial score (nSPS) is 12.6. The van der Waals surface area contributed by atoms with Gasteiger partial charge < -0.3 is 10.3 Å². The number of halogens is 2. The zero-order chi connectivity index (χ0) is 13.8. The van der Waals surface area contributed by atoms with Gasteiger partial charge >= 0.3 is 0 Å². The molecule has 0 saturated carbocycles. The summed E-state index contributed by atoms with van der Waals surface area (Å²) in [7, 11) is 0. The van der Waals surface area contributed by atoms with Crippen molar-refractivity contribution in [2.75, 3.05) is 0 Å². The molecule has 0 fully saturated rings. The van der Waals surface area contributed by atoms with Gasteiger partial charge in [-0.1, -0.05) is 24.9 Å². The summed E-state index contributed by atoms with van der Waals surface area (Å²) in [5.41, 5.74) is 6.64. The van der Waals surface area contributed by atoms with Crippen LogP contribution in [0.25, 0.3) is 11.5 Å². The molecule has 0 aliphatic rings. The van der Waals surface area contributed by atoms with Gasteiger partial charge in [0.25, 0.3) is 0 Å². The maximum Gasteiger partial charge on any atom is 0.243 e. The number of unbranched alkanes of at least 4 members (excludes halogenated alkanes) is 1. The number of aromatic nitrogens is 3. The number of rotatable bonds is 5. The molecule has 1 atom stereocenters. The van der Waals surface area contributed by atoms with Crippen molar-refractivity contribution < 1.29 is 4.52 Å². The molecule has 2 N–H and O–H groups in total. The molecule has 0 aliphatic heterocycles. The molecular weight excluding hydrogens is 376 g/mol. The van der Waals surface area contributed by atoms with Crippen LogP contribution in [0.3, 0.4) is 0 Å². The van der Waals surface area contributed by atoms with Gasteiger partial charge in [-0.15, -0.1) is 0 Å². The van der Waals surface area contributed by atoms with Gasteiger partial charge in [0.2, 0.25) is 11.7 Å². The topological polar surface area (TPSA) is 77.8 Å². The first kappa shape index (κ1) is 14.6. The number of nitrogens with two attached hydrogens (primary N) is 1. The molecule has 19 heavy (non-hydrogen) atoms. The predicted octanol–water partition coefficient (Wildman–Crippen LogP) is 3.85. The number of hydrogen-bond acceptors (Lipinski definition) is 5. The molecule has 2 aromatic heterocycles. The molecule has 0 spiro atoms. The van der Waals surface area contributed by atoms with Gasteiger partial charge in [-0.3, -0.25) is 4.98 Å². The number of hydrogen-bond donors (Lipinski definition) is 1. The molecule has 0 amide bonds. The number of pyridine rings is 1. The fourth-order valence-corrected chi connectivity index (χ4v) is 2.77. The van der Waals surface area contributed by atoms with E-state index in [1.807, 2.05) is 6.07 Å². The second-order valence-electron chi connectivity index (χ2n) is 4.19. The van der Waals surface area contributed by atoms with E-state index in [4.69, 9.17) is 10.3 Å². The van der Waals surface area contributed by atoms with Crippen molar-refractivity contribution >= 4 is 31.9 Å². The quantitative estimate of drug-likeness (QED) is 0.840. The van der Waals surface area contributed by atoms with E-state index < -0.39 is 0 Å². The molecule has 0 saturated heterocycles. The Morgan fingerprint density at radius 2 is 2.21 bits per heavy atom. The van der Waals surface area contributed by atoms with Crippen molar-refractivity contribution in [1.82, 2.24) is 15.1 Å². The third-order valence-corrected chi connectivity index (χ3v) is 3.69. The largest absolute Gasteiger partial charge is 0.337 e. The summed E-state index contributed by atoms with van der Waals surface area (Å²) in [6.45, 7) is 2.12. The predicted molar refractivity (Wildman–Crippen MR) is 79.4 cm³/mol. The first-order valence-electron chi connectivity index (χ1n) is 6.02. The van der Waals surface area contributed by atoms with Crippen molar-refractivity contribution in [3.8, 4) is 11.5 Å². The van der Waals surface area contributed by atoms with Crippen LogP contribution in [-0.4, -0.2) is 15.1 Å². The van der Waals surface area contributed by atoms with Crippen molar-refractivity contribution in [2.24, 2.45) is 5.73 Å². The average Bonchev–Trinajstić information content (AvgIpc) is 2.85. The minimum atomic E-state index is -0.213. The first-order chi connectivity index (χ1) is 9.11. The third-order valence-electron chi connectivity index (χ3n) is 2.65. The van der Waals surface area contributed by atoms with Gasteiger partial charge in [0, 0.05) is 15.1 Å². The lowest BCUT2D eigenvalue weighted by molar-refractivity contribution is 0.346. The molecule has 5 nitrogen and oxygen atoms in total. The summed E-state index contributed by atoms with van der Waals surface area (Å²) in [5.74, 6) is 0.904. The van der Waals surface area contributed by atoms with E-state index in [9.17, 15) is 0 Å². The van der Waals surface area contributed by atoms with Crippen LogP contribution >= 0.6 is 31.9 Å². The van der Waals surface area contributed by atoms with Crippen LogP contribution in [0.5, 0.6) is 0 Å². The molecule has 1 unspecified atom stereocenters. The molecule has 0 aliphatic carbocycles. The Morgan fingerprint density at radius 1 is 1.42 bits per heavy atom. The highest BCUT2D eigenvalue weighted by atomic mass is 79.9. The Morgan fingerprint density at radius 3 is 2.89 bits per heavy atom. The summed E-state index contributed by atoms with van der Waals surface area (Å²) in [4.78, 5) is 8.58. The smallest absolute Gasteiger partial charge is 0.243 e. The Hall–Kier alpha value is -0.790. The van der Waals surface area contributed by atoms with Crippen molar-refractivity contribution in [2.45, 2.75) is 32.2 Å². The van der Waals surface area contributed by atoms with Gasteiger partial charge in [-0.05, 0) is 44.3 Å². The molecular formula is C12H14Br2N4O. The molecule has 0 bridgehead atoms. The minimum Gasteiger partial charge on any atom is -0.337 e. The van der Waals surface area contributed by atoms with Gasteiger partial charge in [-0.25, -0.2) is 0 Å². The Bertz CT molecular complexity index is 558. The molecule has 2 heterocycles. The van der Waals surface area contributed by atoms with Gasteiger partial charge in [-0.2, -0.15) is 4.98 Å². The van der Waals surface area contributed by atoms with Crippen LogP contribution in [-0.2, 0) is 0 Å². The summed E-state index contributed by atoms with van der Waals surface area (Å²) in [5, 5.41) is 3.93. The van der Waals surface area contributed by atoms with Gasteiger partial charge in [0.1, 0.15) is 5.69 Å². The van der Waals surface area contributed by atoms with E-state index in [-0.39, 0.29) is 6.04 Å². The molecule has 2 aromatic rings. The third kappa shape index (κ3) is 3.61. The van der Waals surface area contributed by atoms with E-state index in [1.165, 1.54) is 0 Å². The number of nitrogens with zero attached hydrogens (tertiary/aromatic N) is 3. The minimum absolute atomic E-state index is 0.213. The Kier molecular flexibility index (Phi) is 5.06. The highest BCUT2D eigenvalue weighted by Crippen LogP contribution is 2.27. The summed E-state index contributed by atoms with van der Waals surface area (Å²) >= 11 is 6.78. The summed E-state index contributed by atoms with van der Waals surface area (Å²) in [6.07, 6.45) is 4.66. The van der Waals surface area contributed by atoms with Crippen LogP contribution in [0.15, 0.2) is 25.7 Å². The van der Waals surface area contributed by atoms with Crippen molar-refractivity contribution in [3.63, 3.8) is 0 Å². The zero-order valence-electron chi connectivity index (χ0n) is 10.4. The van der Waals surface area contributed by atoms with Crippen LogP contribution < -0.4 is 5.73 Å². The molecule has 0 radical (unpaired) electrons. The van der Waals surface area contributed by atoms with Crippen LogP contribution in [0.2, 0.25) is 0 Å². The highest BCUT2D eigenvalue weighted by molar-refractivity contribution is 9.11. The summed E-state index contributed by atoms with van der Waals surface area (Å²) in [6, 6.07) is 1.67. The highest BCUT2D eigenvalue weighted by Gasteiger charge is 2.17.